The van der Waals surface area contributed by atoms with E-state index in [1.807, 2.05) is 11.3 Å². The number of rotatable bonds is 4. The first-order valence-electron chi connectivity index (χ1n) is 6.46. The zero-order chi connectivity index (χ0) is 11.5. The maximum Gasteiger partial charge on any atom is 0.0386 e. The van der Waals surface area contributed by atoms with Gasteiger partial charge in [-0.1, -0.05) is 19.8 Å². The summed E-state index contributed by atoms with van der Waals surface area (Å²) in [6.45, 7) is 8.06. The zero-order valence-corrected chi connectivity index (χ0v) is 11.4. The second-order valence-corrected chi connectivity index (χ2v) is 6.57. The van der Waals surface area contributed by atoms with Crippen LogP contribution in [0.1, 0.15) is 48.9 Å². The Labute approximate surface area is 103 Å². The lowest BCUT2D eigenvalue weighted by atomic mass is 9.98. The molecular weight excluding hydrogens is 214 g/mol. The van der Waals surface area contributed by atoms with Crippen LogP contribution in [-0.2, 0) is 0 Å². The van der Waals surface area contributed by atoms with E-state index in [1.165, 1.54) is 35.6 Å². The summed E-state index contributed by atoms with van der Waals surface area (Å²) in [6, 6.07) is 5.00. The molecule has 0 radical (unpaired) electrons. The van der Waals surface area contributed by atoms with Gasteiger partial charge in [-0.15, -0.1) is 11.3 Å². The molecule has 1 aromatic heterocycles. The SMILES string of the molecule is Cc1ccc(C(C)NCC2CCCC2C)s1. The van der Waals surface area contributed by atoms with Gasteiger partial charge in [0.15, 0.2) is 0 Å². The summed E-state index contributed by atoms with van der Waals surface area (Å²) in [6.07, 6.45) is 4.28. The van der Waals surface area contributed by atoms with Crippen molar-refractivity contribution in [3.63, 3.8) is 0 Å². The fraction of sp³-hybridized carbons (Fsp3) is 0.714. The third kappa shape index (κ3) is 2.86. The van der Waals surface area contributed by atoms with Gasteiger partial charge in [0.1, 0.15) is 0 Å². The molecule has 3 atom stereocenters. The molecule has 1 aliphatic rings. The highest BCUT2D eigenvalue weighted by Gasteiger charge is 2.23. The molecule has 0 aromatic carbocycles. The molecule has 2 heteroatoms. The normalized spacial score (nSPS) is 27.2. The van der Waals surface area contributed by atoms with E-state index in [9.17, 15) is 0 Å². The van der Waals surface area contributed by atoms with Crippen molar-refractivity contribution in [2.24, 2.45) is 11.8 Å². The Morgan fingerprint density at radius 3 is 2.81 bits per heavy atom. The lowest BCUT2D eigenvalue weighted by Gasteiger charge is -2.19. The maximum atomic E-state index is 3.70. The Hall–Kier alpha value is -0.340. The van der Waals surface area contributed by atoms with Crippen molar-refractivity contribution in [3.05, 3.63) is 21.9 Å². The molecule has 1 aromatic rings. The second kappa shape index (κ2) is 5.33. The maximum absolute atomic E-state index is 3.70. The molecule has 1 N–H and O–H groups in total. The van der Waals surface area contributed by atoms with E-state index in [0.29, 0.717) is 6.04 Å². The molecule has 1 saturated carbocycles. The van der Waals surface area contributed by atoms with Gasteiger partial charge in [0.25, 0.3) is 0 Å². The van der Waals surface area contributed by atoms with Gasteiger partial charge in [-0.3, -0.25) is 0 Å². The van der Waals surface area contributed by atoms with Crippen LogP contribution in [0, 0.1) is 18.8 Å². The van der Waals surface area contributed by atoms with E-state index in [0.717, 1.165) is 11.8 Å². The highest BCUT2D eigenvalue weighted by atomic mass is 32.1. The van der Waals surface area contributed by atoms with Crippen LogP contribution in [0.25, 0.3) is 0 Å². The Morgan fingerprint density at radius 2 is 2.25 bits per heavy atom. The van der Waals surface area contributed by atoms with E-state index >= 15 is 0 Å². The number of aryl methyl sites for hydroxylation is 1. The van der Waals surface area contributed by atoms with Gasteiger partial charge in [0.05, 0.1) is 0 Å². The summed E-state index contributed by atoms with van der Waals surface area (Å²) < 4.78 is 0. The lowest BCUT2D eigenvalue weighted by Crippen LogP contribution is -2.26. The standard InChI is InChI=1S/C14H23NS/c1-10-5-4-6-13(10)9-15-12(3)14-8-7-11(2)16-14/h7-8,10,12-13,15H,4-6,9H2,1-3H3. The highest BCUT2D eigenvalue weighted by molar-refractivity contribution is 7.12. The Morgan fingerprint density at radius 1 is 1.44 bits per heavy atom. The zero-order valence-electron chi connectivity index (χ0n) is 10.6. The number of thiophene rings is 1. The first-order chi connectivity index (χ1) is 7.66. The molecule has 1 aliphatic carbocycles. The minimum Gasteiger partial charge on any atom is -0.309 e. The van der Waals surface area contributed by atoms with E-state index in [1.54, 1.807) is 0 Å². The molecule has 0 amide bonds. The smallest absolute Gasteiger partial charge is 0.0386 e. The van der Waals surface area contributed by atoms with Gasteiger partial charge >= 0.3 is 0 Å². The first-order valence-corrected chi connectivity index (χ1v) is 7.28. The molecule has 90 valence electrons. The van der Waals surface area contributed by atoms with Gasteiger partial charge in [0, 0.05) is 15.8 Å². The quantitative estimate of drug-likeness (QED) is 0.829. The summed E-state index contributed by atoms with van der Waals surface area (Å²) in [4.78, 5) is 2.89. The Bertz CT molecular complexity index is 331. The molecule has 2 rings (SSSR count). The summed E-state index contributed by atoms with van der Waals surface area (Å²) in [5, 5.41) is 3.70. The fourth-order valence-corrected chi connectivity index (χ4v) is 3.54. The first kappa shape index (κ1) is 12.1. The van der Waals surface area contributed by atoms with Crippen molar-refractivity contribution >= 4 is 11.3 Å². The monoisotopic (exact) mass is 237 g/mol. The highest BCUT2D eigenvalue weighted by Crippen LogP contribution is 2.31. The van der Waals surface area contributed by atoms with Gasteiger partial charge in [0.2, 0.25) is 0 Å². The summed E-state index contributed by atoms with van der Waals surface area (Å²) in [7, 11) is 0. The van der Waals surface area contributed by atoms with Crippen LogP contribution < -0.4 is 5.32 Å². The second-order valence-electron chi connectivity index (χ2n) is 5.25. The molecule has 1 nitrogen and oxygen atoms in total. The Kier molecular flexibility index (Phi) is 4.04. The molecule has 1 heterocycles. The van der Waals surface area contributed by atoms with Crippen molar-refractivity contribution < 1.29 is 0 Å². The van der Waals surface area contributed by atoms with E-state index in [4.69, 9.17) is 0 Å². The van der Waals surface area contributed by atoms with Crippen molar-refractivity contribution in [3.8, 4) is 0 Å². The number of hydrogen-bond donors (Lipinski definition) is 1. The van der Waals surface area contributed by atoms with Crippen molar-refractivity contribution in [1.29, 1.82) is 0 Å². The molecule has 16 heavy (non-hydrogen) atoms. The van der Waals surface area contributed by atoms with Crippen LogP contribution in [0.5, 0.6) is 0 Å². The van der Waals surface area contributed by atoms with Crippen molar-refractivity contribution in [2.75, 3.05) is 6.54 Å². The Balaban J connectivity index is 1.81. The number of nitrogens with one attached hydrogen (secondary N) is 1. The van der Waals surface area contributed by atoms with Gasteiger partial charge in [-0.25, -0.2) is 0 Å². The third-order valence-electron chi connectivity index (χ3n) is 3.91. The molecular formula is C14H23NS. The summed E-state index contributed by atoms with van der Waals surface area (Å²) >= 11 is 1.92. The van der Waals surface area contributed by atoms with Gasteiger partial charge in [-0.2, -0.15) is 0 Å². The predicted octanol–water partition coefficient (Wildman–Crippen LogP) is 4.14. The predicted molar refractivity (Wildman–Crippen MR) is 72.0 cm³/mol. The molecule has 0 saturated heterocycles. The minimum atomic E-state index is 0.520. The largest absolute Gasteiger partial charge is 0.309 e. The molecule has 1 fully saturated rings. The van der Waals surface area contributed by atoms with Crippen molar-refractivity contribution in [2.45, 2.75) is 46.1 Å². The summed E-state index contributed by atoms with van der Waals surface area (Å²) in [5.41, 5.74) is 0. The van der Waals surface area contributed by atoms with Crippen LogP contribution >= 0.6 is 11.3 Å². The topological polar surface area (TPSA) is 12.0 Å². The average Bonchev–Trinajstić information content (AvgIpc) is 2.84. The molecule has 0 bridgehead atoms. The van der Waals surface area contributed by atoms with Crippen LogP contribution in [0.3, 0.4) is 0 Å². The van der Waals surface area contributed by atoms with Crippen LogP contribution in [-0.4, -0.2) is 6.54 Å². The van der Waals surface area contributed by atoms with Crippen LogP contribution in [0.15, 0.2) is 12.1 Å². The minimum absolute atomic E-state index is 0.520. The van der Waals surface area contributed by atoms with Gasteiger partial charge in [-0.05, 0) is 50.8 Å². The van der Waals surface area contributed by atoms with E-state index in [2.05, 4.69) is 38.2 Å². The fourth-order valence-electron chi connectivity index (χ4n) is 2.64. The van der Waals surface area contributed by atoms with Crippen LogP contribution in [0.4, 0.5) is 0 Å². The third-order valence-corrected chi connectivity index (χ3v) is 5.10. The van der Waals surface area contributed by atoms with E-state index < -0.39 is 0 Å². The van der Waals surface area contributed by atoms with E-state index in [-0.39, 0.29) is 0 Å². The lowest BCUT2D eigenvalue weighted by molar-refractivity contribution is 0.376. The van der Waals surface area contributed by atoms with Crippen molar-refractivity contribution in [1.82, 2.24) is 5.32 Å². The summed E-state index contributed by atoms with van der Waals surface area (Å²) in [5.74, 6) is 1.83. The van der Waals surface area contributed by atoms with Gasteiger partial charge < -0.3 is 5.32 Å². The van der Waals surface area contributed by atoms with Crippen LogP contribution in [0.2, 0.25) is 0 Å². The molecule has 0 spiro atoms. The number of hydrogen-bond acceptors (Lipinski definition) is 2. The molecule has 3 unspecified atom stereocenters. The average molecular weight is 237 g/mol. The molecule has 0 aliphatic heterocycles.